The van der Waals surface area contributed by atoms with Crippen LogP contribution in [0.1, 0.15) is 45.6 Å². The molecule has 6 rings (SSSR count). The number of benzene rings is 4. The largest absolute Gasteiger partial charge is 0.377 e. The first kappa shape index (κ1) is 27.1. The van der Waals surface area contributed by atoms with Crippen LogP contribution in [0.15, 0.2) is 133 Å². The number of hydrogen-bond donors (Lipinski definition) is 2. The van der Waals surface area contributed by atoms with Gasteiger partial charge in [0.05, 0.1) is 11.7 Å². The van der Waals surface area contributed by atoms with E-state index in [0.29, 0.717) is 16.7 Å². The van der Waals surface area contributed by atoms with Gasteiger partial charge in [0.25, 0.3) is 0 Å². The first-order valence-electron chi connectivity index (χ1n) is 13.9. The average molecular weight is 555 g/mol. The van der Waals surface area contributed by atoms with E-state index < -0.39 is 28.7 Å². The van der Waals surface area contributed by atoms with Crippen molar-refractivity contribution in [2.45, 2.75) is 25.1 Å². The summed E-state index contributed by atoms with van der Waals surface area (Å²) in [6, 6.07) is 33.4. The number of carbonyl (C=O) groups is 3. The topological polar surface area (TPSA) is 86.7 Å². The highest BCUT2D eigenvalue weighted by Gasteiger charge is 2.73. The molecule has 3 atom stereocenters. The SMILES string of the molecule is CC(=O)C1(C(=O)NCc2ccccc2)C2c3ccccc3C=CN2/C(=C/C(=O)c2ccccc2)C1(O)c1ccccc1. The van der Waals surface area contributed by atoms with Crippen molar-refractivity contribution in [3.63, 3.8) is 0 Å². The molecule has 1 saturated heterocycles. The van der Waals surface area contributed by atoms with E-state index in [1.54, 1.807) is 65.7 Å². The Balaban J connectivity index is 1.63. The number of aliphatic hydroxyl groups is 1. The van der Waals surface area contributed by atoms with E-state index in [1.165, 1.54) is 13.0 Å². The third-order valence-corrected chi connectivity index (χ3v) is 8.34. The molecule has 0 saturated carbocycles. The van der Waals surface area contributed by atoms with Crippen LogP contribution >= 0.6 is 0 Å². The molecule has 2 aliphatic heterocycles. The first-order valence-corrected chi connectivity index (χ1v) is 13.9. The fourth-order valence-electron chi connectivity index (χ4n) is 6.41. The molecule has 0 spiro atoms. The Morgan fingerprint density at radius 3 is 2.10 bits per heavy atom. The normalized spacial score (nSPS) is 23.2. The van der Waals surface area contributed by atoms with Gasteiger partial charge in [0.2, 0.25) is 5.91 Å². The van der Waals surface area contributed by atoms with E-state index in [2.05, 4.69) is 5.32 Å². The third kappa shape index (κ3) is 4.11. The lowest BCUT2D eigenvalue weighted by atomic mass is 9.61. The molecule has 4 aromatic carbocycles. The molecule has 208 valence electrons. The number of carbonyl (C=O) groups excluding carboxylic acids is 3. The average Bonchev–Trinajstić information content (AvgIpc) is 3.27. The van der Waals surface area contributed by atoms with E-state index in [4.69, 9.17) is 0 Å². The van der Waals surface area contributed by atoms with Gasteiger partial charge in [0, 0.05) is 24.4 Å². The van der Waals surface area contributed by atoms with Crippen molar-refractivity contribution < 1.29 is 19.5 Å². The smallest absolute Gasteiger partial charge is 0.240 e. The van der Waals surface area contributed by atoms with Gasteiger partial charge in [-0.25, -0.2) is 0 Å². The van der Waals surface area contributed by atoms with Crippen molar-refractivity contribution in [2.24, 2.45) is 5.41 Å². The molecule has 2 N–H and O–H groups in total. The predicted molar refractivity (Wildman–Crippen MR) is 161 cm³/mol. The zero-order chi connectivity index (χ0) is 29.3. The Kier molecular flexibility index (Phi) is 6.93. The molecule has 1 amide bonds. The Labute approximate surface area is 244 Å². The van der Waals surface area contributed by atoms with Crippen molar-refractivity contribution >= 4 is 23.5 Å². The van der Waals surface area contributed by atoms with Gasteiger partial charge in [-0.3, -0.25) is 14.4 Å². The van der Waals surface area contributed by atoms with Crippen LogP contribution in [0.2, 0.25) is 0 Å². The van der Waals surface area contributed by atoms with Crippen molar-refractivity contribution in [1.82, 2.24) is 10.2 Å². The minimum atomic E-state index is -2.20. The van der Waals surface area contributed by atoms with Crippen LogP contribution < -0.4 is 5.32 Å². The van der Waals surface area contributed by atoms with Crippen LogP contribution in [0.3, 0.4) is 0 Å². The third-order valence-electron chi connectivity index (χ3n) is 8.34. The highest BCUT2D eigenvalue weighted by Crippen LogP contribution is 2.64. The number of nitrogens with zero attached hydrogens (tertiary/aromatic N) is 1. The Hall–Kier alpha value is -5.07. The minimum Gasteiger partial charge on any atom is -0.377 e. The van der Waals surface area contributed by atoms with Crippen LogP contribution in [0.5, 0.6) is 0 Å². The molecule has 0 bridgehead atoms. The van der Waals surface area contributed by atoms with Crippen molar-refractivity contribution in [3.8, 4) is 0 Å². The fraction of sp³-hybridized carbons (Fsp3) is 0.139. The van der Waals surface area contributed by atoms with Gasteiger partial charge in [-0.1, -0.05) is 115 Å². The van der Waals surface area contributed by atoms with Crippen molar-refractivity contribution in [2.75, 3.05) is 0 Å². The monoisotopic (exact) mass is 554 g/mol. The molecule has 6 heteroatoms. The van der Waals surface area contributed by atoms with Gasteiger partial charge < -0.3 is 15.3 Å². The van der Waals surface area contributed by atoms with Gasteiger partial charge in [0.15, 0.2) is 22.6 Å². The van der Waals surface area contributed by atoms with Crippen molar-refractivity contribution in [1.29, 1.82) is 0 Å². The lowest BCUT2D eigenvalue weighted by Gasteiger charge is -2.42. The number of allylic oxidation sites excluding steroid dienone is 1. The summed E-state index contributed by atoms with van der Waals surface area (Å²) in [5.74, 6) is -1.49. The van der Waals surface area contributed by atoms with E-state index in [0.717, 1.165) is 11.1 Å². The van der Waals surface area contributed by atoms with Gasteiger partial charge in [-0.15, -0.1) is 0 Å². The summed E-state index contributed by atoms with van der Waals surface area (Å²) >= 11 is 0. The molecule has 6 nitrogen and oxygen atoms in total. The lowest BCUT2D eigenvalue weighted by Crippen LogP contribution is -2.59. The highest BCUT2D eigenvalue weighted by molar-refractivity contribution is 6.11. The molecule has 3 unspecified atom stereocenters. The van der Waals surface area contributed by atoms with E-state index >= 15 is 0 Å². The number of Topliss-reactive ketones (excluding diaryl/α,β-unsaturated/α-hetero) is 1. The second-order valence-electron chi connectivity index (χ2n) is 10.6. The summed E-state index contributed by atoms with van der Waals surface area (Å²) in [6.07, 6.45) is 4.99. The second kappa shape index (κ2) is 10.7. The first-order chi connectivity index (χ1) is 20.4. The lowest BCUT2D eigenvalue weighted by molar-refractivity contribution is -0.158. The van der Waals surface area contributed by atoms with Crippen molar-refractivity contribution in [3.05, 3.63) is 161 Å². The zero-order valence-corrected chi connectivity index (χ0v) is 23.1. The van der Waals surface area contributed by atoms with Crippen LogP contribution in [-0.4, -0.2) is 27.5 Å². The maximum Gasteiger partial charge on any atom is 0.240 e. The predicted octanol–water partition coefficient (Wildman–Crippen LogP) is 5.57. The molecule has 4 aromatic rings. The van der Waals surface area contributed by atoms with E-state index in [-0.39, 0.29) is 18.0 Å². The summed E-state index contributed by atoms with van der Waals surface area (Å²) in [5, 5.41) is 16.1. The minimum absolute atomic E-state index is 0.156. The molecular weight excluding hydrogens is 524 g/mol. The maximum absolute atomic E-state index is 14.7. The van der Waals surface area contributed by atoms with Crippen LogP contribution in [-0.2, 0) is 21.7 Å². The maximum atomic E-state index is 14.7. The van der Waals surface area contributed by atoms with Gasteiger partial charge in [-0.2, -0.15) is 0 Å². The van der Waals surface area contributed by atoms with E-state index in [9.17, 15) is 19.5 Å². The van der Waals surface area contributed by atoms with Gasteiger partial charge in [0.1, 0.15) is 0 Å². The number of amides is 1. The molecule has 0 radical (unpaired) electrons. The van der Waals surface area contributed by atoms with Gasteiger partial charge in [-0.05, 0) is 35.3 Å². The quantitative estimate of drug-likeness (QED) is 0.177. The summed E-state index contributed by atoms with van der Waals surface area (Å²) in [4.78, 5) is 44.3. The van der Waals surface area contributed by atoms with Crippen LogP contribution in [0.4, 0.5) is 0 Å². The summed E-state index contributed by atoms with van der Waals surface area (Å²) in [5.41, 5.74) is -0.953. The van der Waals surface area contributed by atoms with Crippen LogP contribution in [0, 0.1) is 5.41 Å². The Bertz CT molecular complexity index is 1720. The molecule has 2 heterocycles. The van der Waals surface area contributed by atoms with Gasteiger partial charge >= 0.3 is 0 Å². The number of rotatable bonds is 7. The molecule has 1 fully saturated rings. The van der Waals surface area contributed by atoms with E-state index in [1.807, 2.05) is 66.7 Å². The molecule has 42 heavy (non-hydrogen) atoms. The summed E-state index contributed by atoms with van der Waals surface area (Å²) < 4.78 is 0. The molecule has 2 aliphatic rings. The zero-order valence-electron chi connectivity index (χ0n) is 23.1. The highest BCUT2D eigenvalue weighted by atomic mass is 16.3. The second-order valence-corrected chi connectivity index (χ2v) is 10.6. The number of fused-ring (bicyclic) bond motifs is 3. The molecule has 0 aliphatic carbocycles. The summed E-state index contributed by atoms with van der Waals surface area (Å²) in [6.45, 7) is 1.50. The Morgan fingerprint density at radius 2 is 1.43 bits per heavy atom. The number of hydrogen-bond acceptors (Lipinski definition) is 5. The molecular formula is C36H30N2O4. The number of nitrogens with one attached hydrogen (secondary N) is 1. The Morgan fingerprint density at radius 1 is 0.833 bits per heavy atom. The standard InChI is InChI=1S/C36H30N2O4/c1-25(39)35(34(41)37-24-26-13-5-2-6-14-26)33-30-20-12-11-15-27(30)21-22-38(33)32(23-31(40)28-16-7-3-8-17-28)36(35,42)29-18-9-4-10-19-29/h2-23,33,42H,24H2,1H3,(H,37,41)/b32-23+. The number of ketones is 2. The summed E-state index contributed by atoms with van der Waals surface area (Å²) in [7, 11) is 0. The molecule has 0 aromatic heterocycles. The fourth-order valence-corrected chi connectivity index (χ4v) is 6.41. The van der Waals surface area contributed by atoms with Crippen LogP contribution in [0.25, 0.3) is 6.08 Å².